The summed E-state index contributed by atoms with van der Waals surface area (Å²) in [5, 5.41) is 40.4. The SMILES string of the molecule is CCCCCCCCCCCCCCCCCCCCCCCCCCC(=O)OC(COCCCCCCCCCCCCCCCCCCCCCCC)COC1OC(CO)C(O)C(O)C1O. The average molecular weight is 970 g/mol. The molecule has 0 spiro atoms. The zero-order valence-corrected chi connectivity index (χ0v) is 45.1. The van der Waals surface area contributed by atoms with Crippen molar-refractivity contribution in [2.75, 3.05) is 26.4 Å². The van der Waals surface area contributed by atoms with Crippen LogP contribution in [0.5, 0.6) is 0 Å². The number of esters is 1. The number of ether oxygens (including phenoxy) is 4. The van der Waals surface area contributed by atoms with Crippen LogP contribution in [0, 0.1) is 0 Å². The molecule has 1 saturated heterocycles. The number of hydrogen-bond donors (Lipinski definition) is 4. The molecule has 4 N–H and O–H groups in total. The van der Waals surface area contributed by atoms with Gasteiger partial charge in [-0.3, -0.25) is 4.79 Å². The Morgan fingerprint density at radius 1 is 0.412 bits per heavy atom. The molecule has 0 aromatic rings. The fourth-order valence-electron chi connectivity index (χ4n) is 9.85. The van der Waals surface area contributed by atoms with Crippen LogP contribution in [0.1, 0.15) is 309 Å². The highest BCUT2D eigenvalue weighted by molar-refractivity contribution is 5.69. The van der Waals surface area contributed by atoms with Crippen LogP contribution in [0.25, 0.3) is 0 Å². The van der Waals surface area contributed by atoms with Crippen LogP contribution in [0.2, 0.25) is 0 Å². The normalized spacial score (nSPS) is 18.9. The van der Waals surface area contributed by atoms with Gasteiger partial charge in [0.05, 0.1) is 19.8 Å². The van der Waals surface area contributed by atoms with Gasteiger partial charge in [0.1, 0.15) is 30.5 Å². The molecule has 6 unspecified atom stereocenters. The molecule has 6 atom stereocenters. The first-order chi connectivity index (χ1) is 33.4. The van der Waals surface area contributed by atoms with Gasteiger partial charge in [0.25, 0.3) is 0 Å². The number of aliphatic hydroxyl groups is 4. The highest BCUT2D eigenvalue weighted by atomic mass is 16.7. The second-order valence-corrected chi connectivity index (χ2v) is 21.2. The Hall–Kier alpha value is -0.810. The van der Waals surface area contributed by atoms with E-state index in [1.807, 2.05) is 0 Å². The van der Waals surface area contributed by atoms with Gasteiger partial charge >= 0.3 is 5.97 Å². The number of aliphatic hydroxyl groups excluding tert-OH is 4. The maximum atomic E-state index is 12.9. The average Bonchev–Trinajstić information content (AvgIpc) is 3.34. The molecule has 1 aliphatic rings. The van der Waals surface area contributed by atoms with Crippen LogP contribution in [0.3, 0.4) is 0 Å². The van der Waals surface area contributed by atoms with Crippen molar-refractivity contribution in [3.05, 3.63) is 0 Å². The summed E-state index contributed by atoms with van der Waals surface area (Å²) in [6, 6.07) is 0. The molecule has 9 heteroatoms. The number of unbranched alkanes of at least 4 members (excludes halogenated alkanes) is 43. The van der Waals surface area contributed by atoms with Crippen molar-refractivity contribution in [1.29, 1.82) is 0 Å². The summed E-state index contributed by atoms with van der Waals surface area (Å²) in [5.74, 6) is -0.302. The summed E-state index contributed by atoms with van der Waals surface area (Å²) in [4.78, 5) is 12.9. The Labute approximate surface area is 421 Å². The topological polar surface area (TPSA) is 135 Å². The molecule has 0 amide bonds. The van der Waals surface area contributed by atoms with Crippen molar-refractivity contribution in [2.24, 2.45) is 0 Å². The minimum Gasteiger partial charge on any atom is -0.457 e. The van der Waals surface area contributed by atoms with E-state index in [-0.39, 0.29) is 19.2 Å². The molecule has 0 aromatic heterocycles. The third-order valence-electron chi connectivity index (χ3n) is 14.5. The predicted octanol–water partition coefficient (Wildman–Crippen LogP) is 15.7. The second-order valence-electron chi connectivity index (χ2n) is 21.2. The van der Waals surface area contributed by atoms with Crippen molar-refractivity contribution >= 4 is 5.97 Å². The quantitative estimate of drug-likeness (QED) is 0.0347. The molecule has 68 heavy (non-hydrogen) atoms. The molecule has 9 nitrogen and oxygen atoms in total. The molecule has 1 fully saturated rings. The molecule has 406 valence electrons. The summed E-state index contributed by atoms with van der Waals surface area (Å²) in [5.41, 5.74) is 0. The van der Waals surface area contributed by atoms with E-state index in [0.29, 0.717) is 13.0 Å². The summed E-state index contributed by atoms with van der Waals surface area (Å²) in [7, 11) is 0. The van der Waals surface area contributed by atoms with Crippen molar-refractivity contribution in [2.45, 2.75) is 346 Å². The number of rotatable bonds is 54. The third kappa shape index (κ3) is 40.7. The summed E-state index contributed by atoms with van der Waals surface area (Å²) in [6.07, 6.45) is 53.0. The van der Waals surface area contributed by atoms with E-state index in [0.717, 1.165) is 32.1 Å². The lowest BCUT2D eigenvalue weighted by Crippen LogP contribution is -2.59. The number of hydrogen-bond acceptors (Lipinski definition) is 9. The largest absolute Gasteiger partial charge is 0.457 e. The number of carbonyl (C=O) groups excluding carboxylic acids is 1. The Balaban J connectivity index is 2.11. The van der Waals surface area contributed by atoms with E-state index >= 15 is 0 Å². The van der Waals surface area contributed by atoms with Gasteiger partial charge in [0.15, 0.2) is 6.29 Å². The van der Waals surface area contributed by atoms with Crippen LogP contribution in [0.4, 0.5) is 0 Å². The maximum Gasteiger partial charge on any atom is 0.306 e. The van der Waals surface area contributed by atoms with Crippen LogP contribution in [0.15, 0.2) is 0 Å². The van der Waals surface area contributed by atoms with Gasteiger partial charge in [0.2, 0.25) is 0 Å². The van der Waals surface area contributed by atoms with E-state index in [1.165, 1.54) is 257 Å². The first-order valence-electron chi connectivity index (χ1n) is 30.1. The Bertz CT molecular complexity index is 1010. The predicted molar refractivity (Wildman–Crippen MR) is 284 cm³/mol. The lowest BCUT2D eigenvalue weighted by atomic mass is 9.99. The van der Waals surface area contributed by atoms with Crippen LogP contribution >= 0.6 is 0 Å². The van der Waals surface area contributed by atoms with Gasteiger partial charge in [-0.2, -0.15) is 0 Å². The smallest absolute Gasteiger partial charge is 0.306 e. The van der Waals surface area contributed by atoms with E-state index in [1.54, 1.807) is 0 Å². The van der Waals surface area contributed by atoms with Crippen molar-refractivity contribution in [3.8, 4) is 0 Å². The third-order valence-corrected chi connectivity index (χ3v) is 14.5. The fraction of sp³-hybridized carbons (Fsp3) is 0.983. The molecule has 1 aliphatic heterocycles. The molecule has 0 radical (unpaired) electrons. The Morgan fingerprint density at radius 2 is 0.721 bits per heavy atom. The van der Waals surface area contributed by atoms with Gasteiger partial charge in [-0.1, -0.05) is 290 Å². The minimum absolute atomic E-state index is 0.104. The van der Waals surface area contributed by atoms with Crippen LogP contribution < -0.4 is 0 Å². The lowest BCUT2D eigenvalue weighted by Gasteiger charge is -2.39. The molecular formula is C59H116O9. The summed E-state index contributed by atoms with van der Waals surface area (Å²) >= 11 is 0. The summed E-state index contributed by atoms with van der Waals surface area (Å²) in [6.45, 7) is 4.65. The van der Waals surface area contributed by atoms with E-state index in [4.69, 9.17) is 18.9 Å². The Morgan fingerprint density at radius 3 is 1.04 bits per heavy atom. The van der Waals surface area contributed by atoms with Gasteiger partial charge in [0, 0.05) is 13.0 Å². The first kappa shape index (κ1) is 65.2. The van der Waals surface area contributed by atoms with Crippen molar-refractivity contribution in [3.63, 3.8) is 0 Å². The molecular weight excluding hydrogens is 853 g/mol. The maximum absolute atomic E-state index is 12.9. The Kier molecular flexibility index (Phi) is 49.0. The second kappa shape index (κ2) is 51.1. The van der Waals surface area contributed by atoms with Crippen LogP contribution in [-0.2, 0) is 23.7 Å². The fourth-order valence-corrected chi connectivity index (χ4v) is 9.85. The van der Waals surface area contributed by atoms with Crippen molar-refractivity contribution in [1.82, 2.24) is 0 Å². The van der Waals surface area contributed by atoms with Crippen molar-refractivity contribution < 1.29 is 44.2 Å². The van der Waals surface area contributed by atoms with Gasteiger partial charge in [-0.15, -0.1) is 0 Å². The molecule has 1 rings (SSSR count). The number of carbonyl (C=O) groups is 1. The molecule has 0 aliphatic carbocycles. The molecule has 1 heterocycles. The van der Waals surface area contributed by atoms with Gasteiger partial charge < -0.3 is 39.4 Å². The monoisotopic (exact) mass is 969 g/mol. The first-order valence-corrected chi connectivity index (χ1v) is 30.1. The molecule has 0 bridgehead atoms. The molecule has 0 aromatic carbocycles. The molecule has 0 saturated carbocycles. The van der Waals surface area contributed by atoms with Crippen LogP contribution in [-0.4, -0.2) is 89.6 Å². The van der Waals surface area contributed by atoms with E-state index in [9.17, 15) is 25.2 Å². The van der Waals surface area contributed by atoms with E-state index < -0.39 is 43.4 Å². The van der Waals surface area contributed by atoms with Gasteiger partial charge in [-0.25, -0.2) is 0 Å². The highest BCUT2D eigenvalue weighted by Crippen LogP contribution is 2.23. The lowest BCUT2D eigenvalue weighted by molar-refractivity contribution is -0.305. The minimum atomic E-state index is -1.53. The zero-order valence-electron chi connectivity index (χ0n) is 45.1. The summed E-state index contributed by atoms with van der Waals surface area (Å²) < 4.78 is 23.0. The van der Waals surface area contributed by atoms with Gasteiger partial charge in [-0.05, 0) is 12.8 Å². The van der Waals surface area contributed by atoms with E-state index in [2.05, 4.69) is 13.8 Å². The zero-order chi connectivity index (χ0) is 49.2. The standard InChI is InChI=1S/C59H116O9/c1-3-5-7-9-11-13-15-17-19-21-23-25-26-27-28-30-32-34-36-38-40-42-44-46-48-55(61)67-53(52-66-59-58(64)57(63)56(62)54(50-60)68-59)51-65-49-47-45-43-41-39-37-35-33-31-29-24-22-20-18-16-14-12-10-8-6-4-2/h53-54,56-60,62-64H,3-52H2,1-2H3. The highest BCUT2D eigenvalue weighted by Gasteiger charge is 2.44.